The van der Waals surface area contributed by atoms with E-state index in [4.69, 9.17) is 4.74 Å². The summed E-state index contributed by atoms with van der Waals surface area (Å²) in [6.45, 7) is 7.33. The maximum atomic E-state index is 12.8. The monoisotopic (exact) mass is 323 g/mol. The Hall–Kier alpha value is -1.14. The fourth-order valence-electron chi connectivity index (χ4n) is 4.36. The molecule has 1 spiro atoms. The van der Waals surface area contributed by atoms with E-state index < -0.39 is 0 Å². The van der Waals surface area contributed by atoms with Gasteiger partial charge in [-0.2, -0.15) is 0 Å². The van der Waals surface area contributed by atoms with Crippen LogP contribution in [0.1, 0.15) is 32.6 Å². The number of carbonyl (C=O) groups excluding carboxylic acids is 2. The summed E-state index contributed by atoms with van der Waals surface area (Å²) in [5, 5.41) is 0. The van der Waals surface area contributed by atoms with Crippen molar-refractivity contribution in [2.45, 2.75) is 38.6 Å². The van der Waals surface area contributed by atoms with Gasteiger partial charge in [0, 0.05) is 39.1 Å². The summed E-state index contributed by atoms with van der Waals surface area (Å²) in [5.74, 6) is 0.520. The zero-order chi connectivity index (χ0) is 16.4. The van der Waals surface area contributed by atoms with E-state index in [-0.39, 0.29) is 23.3 Å². The highest BCUT2D eigenvalue weighted by Crippen LogP contribution is 2.43. The van der Waals surface area contributed by atoms with Crippen molar-refractivity contribution >= 4 is 11.8 Å². The summed E-state index contributed by atoms with van der Waals surface area (Å²) in [5.41, 5.74) is 0.214. The molecule has 0 saturated carbocycles. The molecule has 6 nitrogen and oxygen atoms in total. The van der Waals surface area contributed by atoms with Gasteiger partial charge in [-0.3, -0.25) is 14.5 Å². The number of ether oxygens (including phenoxy) is 1. The van der Waals surface area contributed by atoms with Crippen LogP contribution in [0.15, 0.2) is 0 Å². The summed E-state index contributed by atoms with van der Waals surface area (Å²) < 4.78 is 5.35. The van der Waals surface area contributed by atoms with Crippen LogP contribution in [-0.2, 0) is 14.3 Å². The van der Waals surface area contributed by atoms with Gasteiger partial charge in [-0.25, -0.2) is 0 Å². The van der Waals surface area contributed by atoms with E-state index >= 15 is 0 Å². The lowest BCUT2D eigenvalue weighted by Crippen LogP contribution is -2.48. The van der Waals surface area contributed by atoms with Gasteiger partial charge in [-0.1, -0.05) is 6.92 Å². The number of piperidine rings is 1. The highest BCUT2D eigenvalue weighted by atomic mass is 16.5. The minimum Gasteiger partial charge on any atom is -0.378 e. The van der Waals surface area contributed by atoms with Gasteiger partial charge in [0.1, 0.15) is 0 Å². The molecule has 0 aliphatic carbocycles. The molecule has 0 bridgehead atoms. The summed E-state index contributed by atoms with van der Waals surface area (Å²) >= 11 is 0. The molecule has 6 heteroatoms. The summed E-state index contributed by atoms with van der Waals surface area (Å²) in [6.07, 6.45) is 3.57. The first-order valence-electron chi connectivity index (χ1n) is 8.89. The Morgan fingerprint density at radius 2 is 1.74 bits per heavy atom. The first-order valence-corrected chi connectivity index (χ1v) is 8.89. The molecule has 0 aromatic rings. The third-order valence-electron chi connectivity index (χ3n) is 5.83. The van der Waals surface area contributed by atoms with Crippen molar-refractivity contribution in [3.05, 3.63) is 0 Å². The number of hydrogen-bond acceptors (Lipinski definition) is 4. The first-order chi connectivity index (χ1) is 11.0. The maximum absolute atomic E-state index is 12.8. The smallest absolute Gasteiger partial charge is 0.240 e. The van der Waals surface area contributed by atoms with E-state index in [1.165, 1.54) is 0 Å². The van der Waals surface area contributed by atoms with E-state index in [1.807, 2.05) is 16.7 Å². The third-order valence-corrected chi connectivity index (χ3v) is 5.83. The molecule has 2 amide bonds. The Bertz CT molecular complexity index is 454. The van der Waals surface area contributed by atoms with Crippen molar-refractivity contribution in [3.63, 3.8) is 0 Å². The number of morpholine rings is 1. The third kappa shape index (κ3) is 3.38. The Morgan fingerprint density at radius 1 is 1.09 bits per heavy atom. The summed E-state index contributed by atoms with van der Waals surface area (Å²) in [7, 11) is 2.07. The predicted octanol–water partition coefficient (Wildman–Crippen LogP) is 0.568. The average Bonchev–Trinajstić information content (AvgIpc) is 2.91. The molecule has 23 heavy (non-hydrogen) atoms. The highest BCUT2D eigenvalue weighted by Gasteiger charge is 2.47. The van der Waals surface area contributed by atoms with E-state index in [9.17, 15) is 9.59 Å². The quantitative estimate of drug-likeness (QED) is 0.745. The number of amides is 2. The number of likely N-dealkylation sites (tertiary alicyclic amines) is 2. The number of carbonyl (C=O) groups is 2. The van der Waals surface area contributed by atoms with Crippen LogP contribution in [0.3, 0.4) is 0 Å². The van der Waals surface area contributed by atoms with Gasteiger partial charge < -0.3 is 14.5 Å². The van der Waals surface area contributed by atoms with Crippen molar-refractivity contribution in [2.24, 2.45) is 5.41 Å². The number of hydrogen-bond donors (Lipinski definition) is 0. The minimum atomic E-state index is 0.00141. The van der Waals surface area contributed by atoms with Gasteiger partial charge in [0.25, 0.3) is 0 Å². The molecule has 3 rings (SSSR count). The highest BCUT2D eigenvalue weighted by molar-refractivity contribution is 5.82. The van der Waals surface area contributed by atoms with E-state index in [2.05, 4.69) is 11.9 Å². The van der Waals surface area contributed by atoms with Crippen LogP contribution in [0.2, 0.25) is 0 Å². The topological polar surface area (TPSA) is 53.1 Å². The molecular weight excluding hydrogens is 294 g/mol. The van der Waals surface area contributed by atoms with E-state index in [1.54, 1.807) is 0 Å². The van der Waals surface area contributed by atoms with Crippen molar-refractivity contribution in [1.82, 2.24) is 14.7 Å². The molecule has 3 aliphatic heterocycles. The number of likely N-dealkylation sites (N-methyl/N-ethyl adjacent to an activating group) is 1. The van der Waals surface area contributed by atoms with Gasteiger partial charge in [-0.05, 0) is 31.7 Å². The lowest BCUT2D eigenvalue weighted by Gasteiger charge is -2.39. The van der Waals surface area contributed by atoms with Crippen LogP contribution in [0.4, 0.5) is 0 Å². The van der Waals surface area contributed by atoms with Crippen LogP contribution >= 0.6 is 0 Å². The van der Waals surface area contributed by atoms with Gasteiger partial charge >= 0.3 is 0 Å². The molecule has 0 aromatic carbocycles. The molecular formula is C17H29N3O3. The first kappa shape index (κ1) is 16.7. The van der Waals surface area contributed by atoms with E-state index in [0.29, 0.717) is 19.6 Å². The number of rotatable bonds is 2. The molecule has 130 valence electrons. The standard InChI is InChI=1S/C17H29N3O3/c1-3-15(21)19-6-4-17(5-7-19)12-14(18(2)13-17)16(22)20-8-10-23-11-9-20/h14H,3-13H2,1-2H3. The second kappa shape index (κ2) is 6.77. The van der Waals surface area contributed by atoms with Crippen LogP contribution in [0.5, 0.6) is 0 Å². The molecule has 3 heterocycles. The maximum Gasteiger partial charge on any atom is 0.240 e. The van der Waals surface area contributed by atoms with Gasteiger partial charge in [0.05, 0.1) is 19.3 Å². The molecule has 0 radical (unpaired) electrons. The Balaban J connectivity index is 1.60. The average molecular weight is 323 g/mol. The molecule has 1 atom stereocenters. The minimum absolute atomic E-state index is 0.00141. The predicted molar refractivity (Wildman–Crippen MR) is 87.0 cm³/mol. The molecule has 0 aromatic heterocycles. The van der Waals surface area contributed by atoms with Crippen LogP contribution in [0, 0.1) is 5.41 Å². The summed E-state index contributed by atoms with van der Waals surface area (Å²) in [4.78, 5) is 30.9. The number of nitrogens with zero attached hydrogens (tertiary/aromatic N) is 3. The van der Waals surface area contributed by atoms with Crippen LogP contribution in [0.25, 0.3) is 0 Å². The Labute approximate surface area is 138 Å². The lowest BCUT2D eigenvalue weighted by molar-refractivity contribution is -0.140. The summed E-state index contributed by atoms with van der Waals surface area (Å²) in [6, 6.07) is 0.00141. The van der Waals surface area contributed by atoms with Gasteiger partial charge in [0.2, 0.25) is 11.8 Å². The van der Waals surface area contributed by atoms with E-state index in [0.717, 1.165) is 52.0 Å². The van der Waals surface area contributed by atoms with Crippen LogP contribution < -0.4 is 0 Å². The molecule has 1 unspecified atom stereocenters. The van der Waals surface area contributed by atoms with Crippen molar-refractivity contribution in [1.29, 1.82) is 0 Å². The fraction of sp³-hybridized carbons (Fsp3) is 0.882. The Kier molecular flexibility index (Phi) is 4.92. The Morgan fingerprint density at radius 3 is 2.35 bits per heavy atom. The normalized spacial score (nSPS) is 28.3. The fourth-order valence-corrected chi connectivity index (χ4v) is 4.36. The lowest BCUT2D eigenvalue weighted by atomic mass is 9.76. The zero-order valence-corrected chi connectivity index (χ0v) is 14.4. The SMILES string of the molecule is CCC(=O)N1CCC2(CC1)CC(C(=O)N1CCOCC1)N(C)C2. The van der Waals surface area contributed by atoms with Crippen molar-refractivity contribution in [3.8, 4) is 0 Å². The molecule has 3 saturated heterocycles. The van der Waals surface area contributed by atoms with Crippen molar-refractivity contribution < 1.29 is 14.3 Å². The molecule has 3 aliphatic rings. The molecule has 0 N–H and O–H groups in total. The zero-order valence-electron chi connectivity index (χ0n) is 14.4. The largest absolute Gasteiger partial charge is 0.378 e. The molecule has 3 fully saturated rings. The second-order valence-corrected chi connectivity index (χ2v) is 7.31. The second-order valence-electron chi connectivity index (χ2n) is 7.31. The van der Waals surface area contributed by atoms with Crippen LogP contribution in [-0.4, -0.2) is 85.5 Å². The van der Waals surface area contributed by atoms with Gasteiger partial charge in [-0.15, -0.1) is 0 Å². The van der Waals surface area contributed by atoms with Crippen molar-refractivity contribution in [2.75, 3.05) is 53.0 Å². The van der Waals surface area contributed by atoms with Gasteiger partial charge in [0.15, 0.2) is 0 Å².